The van der Waals surface area contributed by atoms with Crippen molar-refractivity contribution in [3.63, 3.8) is 0 Å². The zero-order chi connectivity index (χ0) is 13.6. The quantitative estimate of drug-likeness (QED) is 0.773. The summed E-state index contributed by atoms with van der Waals surface area (Å²) in [7, 11) is 1.83. The van der Waals surface area contributed by atoms with Gasteiger partial charge in [-0.3, -0.25) is 9.59 Å². The Labute approximate surface area is 111 Å². The zero-order valence-electron chi connectivity index (χ0n) is 10.8. The fraction of sp³-hybridized carbons (Fsp3) is 0.429. The van der Waals surface area contributed by atoms with Gasteiger partial charge in [-0.15, -0.1) is 0 Å². The number of carbonyl (C=O) groups is 2. The molecule has 1 heterocycles. The van der Waals surface area contributed by atoms with Gasteiger partial charge in [0, 0.05) is 24.7 Å². The fourth-order valence-electron chi connectivity index (χ4n) is 2.76. The van der Waals surface area contributed by atoms with Crippen LogP contribution in [0.15, 0.2) is 18.2 Å². The number of nitrogens with zero attached hydrogens (tertiary/aromatic N) is 1. The molecule has 1 aliphatic carbocycles. The topological polar surface area (TPSA) is 75.4 Å². The summed E-state index contributed by atoms with van der Waals surface area (Å²) >= 11 is 0. The lowest BCUT2D eigenvalue weighted by Crippen LogP contribution is -2.47. The highest BCUT2D eigenvalue weighted by atomic mass is 16.2. The minimum absolute atomic E-state index is 0.0890. The first-order valence-electron chi connectivity index (χ1n) is 6.53. The molecule has 1 fully saturated rings. The number of nitrogens with one attached hydrogen (secondary N) is 1. The molecule has 0 saturated heterocycles. The number of hydrogen-bond donors (Lipinski definition) is 2. The second-order valence-corrected chi connectivity index (χ2v) is 5.27. The Morgan fingerprint density at radius 1 is 1.42 bits per heavy atom. The third-order valence-corrected chi connectivity index (χ3v) is 3.94. The molecule has 3 rings (SSSR count). The van der Waals surface area contributed by atoms with Crippen LogP contribution in [0.25, 0.3) is 0 Å². The third-order valence-electron chi connectivity index (χ3n) is 3.94. The van der Waals surface area contributed by atoms with E-state index >= 15 is 0 Å². The molecule has 19 heavy (non-hydrogen) atoms. The molecule has 0 unspecified atom stereocenters. The van der Waals surface area contributed by atoms with E-state index in [1.807, 2.05) is 25.2 Å². The minimum atomic E-state index is -0.131. The largest absolute Gasteiger partial charge is 0.388 e. The second-order valence-electron chi connectivity index (χ2n) is 5.27. The van der Waals surface area contributed by atoms with Gasteiger partial charge < -0.3 is 11.1 Å². The normalized spacial score (nSPS) is 24.9. The van der Waals surface area contributed by atoms with E-state index in [0.717, 1.165) is 16.9 Å². The van der Waals surface area contributed by atoms with Crippen molar-refractivity contribution in [3.05, 3.63) is 23.8 Å². The van der Waals surface area contributed by atoms with Crippen LogP contribution >= 0.6 is 0 Å². The molecule has 0 spiro atoms. The van der Waals surface area contributed by atoms with Gasteiger partial charge in [-0.1, -0.05) is 0 Å². The Balaban J connectivity index is 1.88. The van der Waals surface area contributed by atoms with E-state index in [1.165, 1.54) is 4.90 Å². The van der Waals surface area contributed by atoms with Gasteiger partial charge in [-0.2, -0.15) is 0 Å². The van der Waals surface area contributed by atoms with Gasteiger partial charge in [0.25, 0.3) is 0 Å². The molecule has 3 N–H and O–H groups in total. The molecule has 1 aliphatic heterocycles. The molecule has 2 amide bonds. The van der Waals surface area contributed by atoms with Gasteiger partial charge in [0.2, 0.25) is 11.8 Å². The molecule has 2 aliphatic rings. The SMILES string of the molecule is CNc1ccc2c(c1)CC(=O)N2C(=O)C1CC(N)C1. The number of carbonyl (C=O) groups excluding carboxylic acids is 2. The van der Waals surface area contributed by atoms with E-state index in [-0.39, 0.29) is 23.8 Å². The maximum Gasteiger partial charge on any atom is 0.238 e. The van der Waals surface area contributed by atoms with E-state index in [0.29, 0.717) is 19.3 Å². The number of hydrogen-bond acceptors (Lipinski definition) is 4. The summed E-state index contributed by atoms with van der Waals surface area (Å²) in [5.41, 5.74) is 8.30. The van der Waals surface area contributed by atoms with Crippen LogP contribution in [0.3, 0.4) is 0 Å². The number of benzene rings is 1. The average molecular weight is 259 g/mol. The number of imide groups is 1. The second kappa shape index (κ2) is 4.35. The van der Waals surface area contributed by atoms with Crippen molar-refractivity contribution in [2.75, 3.05) is 17.3 Å². The van der Waals surface area contributed by atoms with E-state index in [9.17, 15) is 9.59 Å². The van der Waals surface area contributed by atoms with Crippen LogP contribution in [0.1, 0.15) is 18.4 Å². The van der Waals surface area contributed by atoms with Crippen LogP contribution in [0, 0.1) is 5.92 Å². The molecule has 0 bridgehead atoms. The zero-order valence-corrected chi connectivity index (χ0v) is 10.8. The van der Waals surface area contributed by atoms with Gasteiger partial charge >= 0.3 is 0 Å². The molecular formula is C14H17N3O2. The number of anilines is 2. The Hall–Kier alpha value is -1.88. The highest BCUT2D eigenvalue weighted by Gasteiger charge is 2.40. The van der Waals surface area contributed by atoms with Crippen molar-refractivity contribution in [2.45, 2.75) is 25.3 Å². The van der Waals surface area contributed by atoms with Crippen LogP contribution in [0.5, 0.6) is 0 Å². The van der Waals surface area contributed by atoms with Crippen LogP contribution in [-0.4, -0.2) is 24.9 Å². The van der Waals surface area contributed by atoms with E-state index in [4.69, 9.17) is 5.73 Å². The van der Waals surface area contributed by atoms with Crippen molar-refractivity contribution < 1.29 is 9.59 Å². The summed E-state index contributed by atoms with van der Waals surface area (Å²) in [5, 5.41) is 3.04. The molecule has 0 aromatic heterocycles. The lowest BCUT2D eigenvalue weighted by atomic mass is 9.80. The molecule has 5 heteroatoms. The standard InChI is InChI=1S/C14H17N3O2/c1-16-11-2-3-12-8(6-11)7-13(18)17(12)14(19)9-4-10(15)5-9/h2-3,6,9-10,16H,4-5,7,15H2,1H3. The molecular weight excluding hydrogens is 242 g/mol. The van der Waals surface area contributed by atoms with Gasteiger partial charge in [0.15, 0.2) is 0 Å². The molecule has 5 nitrogen and oxygen atoms in total. The number of rotatable bonds is 2. The van der Waals surface area contributed by atoms with Crippen molar-refractivity contribution in [1.29, 1.82) is 0 Å². The first kappa shape index (κ1) is 12.2. The summed E-state index contributed by atoms with van der Waals surface area (Å²) in [6, 6.07) is 5.75. The summed E-state index contributed by atoms with van der Waals surface area (Å²) in [5.74, 6) is -0.315. The highest BCUT2D eigenvalue weighted by molar-refractivity contribution is 6.20. The molecule has 1 aromatic carbocycles. The molecule has 100 valence electrons. The molecule has 0 atom stereocenters. The lowest BCUT2D eigenvalue weighted by molar-refractivity contribution is -0.130. The predicted octanol–water partition coefficient (Wildman–Crippen LogP) is 0.881. The molecule has 0 radical (unpaired) electrons. The Kier molecular flexibility index (Phi) is 2.78. The summed E-state index contributed by atoms with van der Waals surface area (Å²) < 4.78 is 0. The van der Waals surface area contributed by atoms with Gasteiger partial charge in [0.1, 0.15) is 0 Å². The summed E-state index contributed by atoms with van der Waals surface area (Å²) in [6.45, 7) is 0. The van der Waals surface area contributed by atoms with E-state index in [1.54, 1.807) is 0 Å². The maximum absolute atomic E-state index is 12.3. The Morgan fingerprint density at radius 2 is 2.16 bits per heavy atom. The average Bonchev–Trinajstić information content (AvgIpc) is 2.69. The van der Waals surface area contributed by atoms with Crippen molar-refractivity contribution >= 4 is 23.2 Å². The molecule has 1 saturated carbocycles. The minimum Gasteiger partial charge on any atom is -0.388 e. The predicted molar refractivity (Wildman–Crippen MR) is 72.9 cm³/mol. The van der Waals surface area contributed by atoms with Crippen LogP contribution in [0.4, 0.5) is 11.4 Å². The van der Waals surface area contributed by atoms with Crippen molar-refractivity contribution in [2.24, 2.45) is 11.7 Å². The van der Waals surface area contributed by atoms with Crippen LogP contribution in [-0.2, 0) is 16.0 Å². The lowest BCUT2D eigenvalue weighted by Gasteiger charge is -2.33. The number of amides is 2. The van der Waals surface area contributed by atoms with Crippen LogP contribution in [0.2, 0.25) is 0 Å². The Bertz CT molecular complexity index is 550. The van der Waals surface area contributed by atoms with E-state index in [2.05, 4.69) is 5.32 Å². The first-order valence-corrected chi connectivity index (χ1v) is 6.53. The third kappa shape index (κ3) is 1.90. The van der Waals surface area contributed by atoms with Crippen molar-refractivity contribution in [1.82, 2.24) is 0 Å². The monoisotopic (exact) mass is 259 g/mol. The maximum atomic E-state index is 12.3. The van der Waals surface area contributed by atoms with Gasteiger partial charge in [-0.25, -0.2) is 4.90 Å². The first-order chi connectivity index (χ1) is 9.10. The number of fused-ring (bicyclic) bond motifs is 1. The Morgan fingerprint density at radius 3 is 2.79 bits per heavy atom. The van der Waals surface area contributed by atoms with Gasteiger partial charge in [0.05, 0.1) is 12.1 Å². The summed E-state index contributed by atoms with van der Waals surface area (Å²) in [6.07, 6.45) is 1.68. The molecule has 1 aromatic rings. The number of nitrogens with two attached hydrogens (primary N) is 1. The van der Waals surface area contributed by atoms with Crippen LogP contribution < -0.4 is 16.0 Å². The highest BCUT2D eigenvalue weighted by Crippen LogP contribution is 2.35. The summed E-state index contributed by atoms with van der Waals surface area (Å²) in [4.78, 5) is 25.7. The van der Waals surface area contributed by atoms with Crippen molar-refractivity contribution in [3.8, 4) is 0 Å². The van der Waals surface area contributed by atoms with Gasteiger partial charge in [-0.05, 0) is 36.6 Å². The van der Waals surface area contributed by atoms with E-state index < -0.39 is 0 Å². The fourth-order valence-corrected chi connectivity index (χ4v) is 2.76. The smallest absolute Gasteiger partial charge is 0.238 e.